The number of hydrogen-bond donors (Lipinski definition) is 1. The average molecular weight is 483 g/mol. The SMILES string of the molecule is COc1cc(/C=C(\C#N)C(=O)Nc2ccccc2Cl)ccc1OCc1c(C)ccc2ccccc12. The van der Waals surface area contributed by atoms with Gasteiger partial charge in [-0.3, -0.25) is 4.79 Å². The first kappa shape index (κ1) is 23.9. The normalized spacial score (nSPS) is 11.1. The maximum Gasteiger partial charge on any atom is 0.266 e. The highest BCUT2D eigenvalue weighted by atomic mass is 35.5. The number of carbonyl (C=O) groups excluding carboxylic acids is 1. The molecule has 4 aromatic rings. The van der Waals surface area contributed by atoms with Gasteiger partial charge in [0.05, 0.1) is 17.8 Å². The van der Waals surface area contributed by atoms with Gasteiger partial charge in [-0.25, -0.2) is 0 Å². The van der Waals surface area contributed by atoms with Crippen LogP contribution in [0.5, 0.6) is 11.5 Å². The number of nitrogens with zero attached hydrogens (tertiary/aromatic N) is 1. The molecule has 0 aliphatic heterocycles. The molecular formula is C29H23ClN2O3. The monoisotopic (exact) mass is 482 g/mol. The van der Waals surface area contributed by atoms with E-state index >= 15 is 0 Å². The molecule has 0 aliphatic carbocycles. The molecule has 0 radical (unpaired) electrons. The number of rotatable bonds is 7. The first-order valence-electron chi connectivity index (χ1n) is 11.0. The van der Waals surface area contributed by atoms with Crippen molar-refractivity contribution < 1.29 is 14.3 Å². The maximum absolute atomic E-state index is 12.6. The fourth-order valence-corrected chi connectivity index (χ4v) is 3.93. The highest BCUT2D eigenvalue weighted by Crippen LogP contribution is 2.31. The number of benzene rings is 4. The smallest absolute Gasteiger partial charge is 0.266 e. The molecule has 0 spiro atoms. The number of aryl methyl sites for hydroxylation is 1. The second-order valence-electron chi connectivity index (χ2n) is 7.88. The zero-order chi connectivity index (χ0) is 24.8. The minimum absolute atomic E-state index is 0.0629. The zero-order valence-electron chi connectivity index (χ0n) is 19.3. The van der Waals surface area contributed by atoms with Crippen LogP contribution >= 0.6 is 11.6 Å². The molecule has 0 fully saturated rings. The molecule has 4 aromatic carbocycles. The summed E-state index contributed by atoms with van der Waals surface area (Å²) >= 11 is 6.10. The molecule has 1 N–H and O–H groups in total. The van der Waals surface area contributed by atoms with E-state index in [1.165, 1.54) is 6.08 Å². The summed E-state index contributed by atoms with van der Waals surface area (Å²) in [4.78, 5) is 12.6. The lowest BCUT2D eigenvalue weighted by molar-refractivity contribution is -0.112. The van der Waals surface area contributed by atoms with E-state index in [1.54, 1.807) is 49.6 Å². The van der Waals surface area contributed by atoms with Crippen molar-refractivity contribution in [3.8, 4) is 17.6 Å². The average Bonchev–Trinajstić information content (AvgIpc) is 2.88. The van der Waals surface area contributed by atoms with E-state index in [-0.39, 0.29) is 5.57 Å². The number of hydrogen-bond acceptors (Lipinski definition) is 4. The van der Waals surface area contributed by atoms with E-state index in [0.717, 1.165) is 21.9 Å². The van der Waals surface area contributed by atoms with E-state index in [1.807, 2.05) is 18.2 Å². The predicted molar refractivity (Wildman–Crippen MR) is 140 cm³/mol. The van der Waals surface area contributed by atoms with Crippen LogP contribution in [0.1, 0.15) is 16.7 Å². The Labute approximate surface area is 209 Å². The van der Waals surface area contributed by atoms with Gasteiger partial charge in [0.1, 0.15) is 18.2 Å². The van der Waals surface area contributed by atoms with Crippen molar-refractivity contribution >= 4 is 40.0 Å². The van der Waals surface area contributed by atoms with E-state index in [2.05, 4.69) is 36.5 Å². The molecule has 4 rings (SSSR count). The Bertz CT molecular complexity index is 1470. The summed E-state index contributed by atoms with van der Waals surface area (Å²) < 4.78 is 11.6. The van der Waals surface area contributed by atoms with Gasteiger partial charge in [0, 0.05) is 5.56 Å². The van der Waals surface area contributed by atoms with Crippen LogP contribution in [0.2, 0.25) is 5.02 Å². The fraction of sp³-hybridized carbons (Fsp3) is 0.103. The highest BCUT2D eigenvalue weighted by molar-refractivity contribution is 6.34. The number of carbonyl (C=O) groups is 1. The summed E-state index contributed by atoms with van der Waals surface area (Å²) in [5, 5.41) is 14.9. The standard InChI is InChI=1S/C29H23ClN2O3/c1-19-11-13-21-7-3-4-8-23(21)24(19)18-35-27-14-12-20(16-28(27)34-2)15-22(17-31)29(33)32-26-10-6-5-9-25(26)30/h3-16H,18H2,1-2H3,(H,32,33)/b22-15+. The van der Waals surface area contributed by atoms with Crippen LogP contribution in [0.3, 0.4) is 0 Å². The Hall–Kier alpha value is -4.27. The molecule has 0 unspecified atom stereocenters. The van der Waals surface area contributed by atoms with E-state index < -0.39 is 5.91 Å². The van der Waals surface area contributed by atoms with E-state index in [4.69, 9.17) is 21.1 Å². The van der Waals surface area contributed by atoms with Gasteiger partial charge in [-0.2, -0.15) is 5.26 Å². The van der Waals surface area contributed by atoms with Crippen LogP contribution < -0.4 is 14.8 Å². The van der Waals surface area contributed by atoms with Crippen LogP contribution in [0, 0.1) is 18.3 Å². The Morgan fingerprint density at radius 1 is 1.03 bits per heavy atom. The third-order valence-electron chi connectivity index (χ3n) is 5.63. The molecule has 0 aromatic heterocycles. The van der Waals surface area contributed by atoms with Crippen molar-refractivity contribution in [2.75, 3.05) is 12.4 Å². The van der Waals surface area contributed by atoms with Crippen molar-refractivity contribution in [2.45, 2.75) is 13.5 Å². The van der Waals surface area contributed by atoms with Gasteiger partial charge >= 0.3 is 0 Å². The number of ether oxygens (including phenoxy) is 2. The van der Waals surface area contributed by atoms with Gasteiger partial charge in [-0.1, -0.05) is 66.2 Å². The molecule has 6 heteroatoms. The third-order valence-corrected chi connectivity index (χ3v) is 5.96. The quantitative estimate of drug-likeness (QED) is 0.229. The molecule has 1 amide bonds. The van der Waals surface area contributed by atoms with Gasteiger partial charge in [0.15, 0.2) is 11.5 Å². The first-order chi connectivity index (χ1) is 17.0. The van der Waals surface area contributed by atoms with E-state index in [0.29, 0.717) is 34.4 Å². The fourth-order valence-electron chi connectivity index (χ4n) is 3.75. The van der Waals surface area contributed by atoms with Crippen molar-refractivity contribution in [3.63, 3.8) is 0 Å². The minimum Gasteiger partial charge on any atom is -0.493 e. The summed E-state index contributed by atoms with van der Waals surface area (Å²) in [6.45, 7) is 2.44. The number of halogens is 1. The van der Waals surface area contributed by atoms with Crippen LogP contribution in [-0.2, 0) is 11.4 Å². The molecule has 0 bridgehead atoms. The van der Waals surface area contributed by atoms with Gasteiger partial charge in [0.25, 0.3) is 5.91 Å². The lowest BCUT2D eigenvalue weighted by atomic mass is 10.0. The maximum atomic E-state index is 12.6. The largest absolute Gasteiger partial charge is 0.493 e. The van der Waals surface area contributed by atoms with Gasteiger partial charge in [-0.05, 0) is 59.2 Å². The molecule has 0 saturated carbocycles. The molecule has 0 atom stereocenters. The summed E-state index contributed by atoms with van der Waals surface area (Å²) in [5.74, 6) is 0.516. The number of nitriles is 1. The molecule has 0 saturated heterocycles. The van der Waals surface area contributed by atoms with Crippen molar-refractivity contribution in [1.29, 1.82) is 5.26 Å². The van der Waals surface area contributed by atoms with Crippen molar-refractivity contribution in [1.82, 2.24) is 0 Å². The number of nitrogens with one attached hydrogen (secondary N) is 1. The topological polar surface area (TPSA) is 71.3 Å². The van der Waals surface area contributed by atoms with Crippen molar-refractivity contribution in [2.24, 2.45) is 0 Å². The van der Waals surface area contributed by atoms with Crippen LogP contribution in [-0.4, -0.2) is 13.0 Å². The molecule has 0 heterocycles. The lowest BCUT2D eigenvalue weighted by Gasteiger charge is -2.14. The van der Waals surface area contributed by atoms with Gasteiger partial charge < -0.3 is 14.8 Å². The Balaban J connectivity index is 1.55. The molecular weight excluding hydrogens is 460 g/mol. The minimum atomic E-state index is -0.550. The third kappa shape index (κ3) is 5.46. The Morgan fingerprint density at radius 2 is 1.80 bits per heavy atom. The lowest BCUT2D eigenvalue weighted by Crippen LogP contribution is -2.13. The van der Waals surface area contributed by atoms with Crippen LogP contribution in [0.25, 0.3) is 16.8 Å². The molecule has 5 nitrogen and oxygen atoms in total. The Morgan fingerprint density at radius 3 is 2.57 bits per heavy atom. The zero-order valence-corrected chi connectivity index (χ0v) is 20.1. The first-order valence-corrected chi connectivity index (χ1v) is 11.3. The highest BCUT2D eigenvalue weighted by Gasteiger charge is 2.13. The molecule has 0 aliphatic rings. The number of anilines is 1. The van der Waals surface area contributed by atoms with Gasteiger partial charge in [-0.15, -0.1) is 0 Å². The second-order valence-corrected chi connectivity index (χ2v) is 8.29. The molecule has 174 valence electrons. The summed E-state index contributed by atoms with van der Waals surface area (Å²) in [5.41, 5.74) is 3.25. The van der Waals surface area contributed by atoms with Crippen molar-refractivity contribution in [3.05, 3.63) is 106 Å². The van der Waals surface area contributed by atoms with E-state index in [9.17, 15) is 10.1 Å². The number of para-hydroxylation sites is 1. The van der Waals surface area contributed by atoms with Crippen LogP contribution in [0.15, 0.2) is 84.4 Å². The molecule has 35 heavy (non-hydrogen) atoms. The summed E-state index contributed by atoms with van der Waals surface area (Å²) in [6, 6.07) is 26.4. The van der Waals surface area contributed by atoms with Crippen LogP contribution in [0.4, 0.5) is 5.69 Å². The van der Waals surface area contributed by atoms with Gasteiger partial charge in [0.2, 0.25) is 0 Å². The summed E-state index contributed by atoms with van der Waals surface area (Å²) in [6.07, 6.45) is 1.49. The second kappa shape index (κ2) is 10.8. The number of fused-ring (bicyclic) bond motifs is 1. The number of methoxy groups -OCH3 is 1. The summed E-state index contributed by atoms with van der Waals surface area (Å²) in [7, 11) is 1.55. The predicted octanol–water partition coefficient (Wildman–Crippen LogP) is 6.93. The Kier molecular flexibility index (Phi) is 7.35. The number of amides is 1.